The summed E-state index contributed by atoms with van der Waals surface area (Å²) in [6.07, 6.45) is 2.72. The SMILES string of the molecule is CCC1(CO)CCN(C(C)c2nc3ccccc3n2C(F)F)CC1. The van der Waals surface area contributed by atoms with Crippen molar-refractivity contribution in [2.24, 2.45) is 5.41 Å². The van der Waals surface area contributed by atoms with Crippen LogP contribution in [0.15, 0.2) is 24.3 Å². The summed E-state index contributed by atoms with van der Waals surface area (Å²) in [5.41, 5.74) is 1.07. The van der Waals surface area contributed by atoms with Crippen molar-refractivity contribution in [3.05, 3.63) is 30.1 Å². The van der Waals surface area contributed by atoms with Crippen molar-refractivity contribution in [3.63, 3.8) is 0 Å². The molecule has 0 bridgehead atoms. The van der Waals surface area contributed by atoms with Crippen LogP contribution >= 0.6 is 0 Å². The number of hydrogen-bond donors (Lipinski definition) is 1. The topological polar surface area (TPSA) is 41.3 Å². The summed E-state index contributed by atoms with van der Waals surface area (Å²) in [6.45, 7) is 3.22. The molecule has 4 nitrogen and oxygen atoms in total. The zero-order valence-electron chi connectivity index (χ0n) is 14.3. The van der Waals surface area contributed by atoms with Crippen molar-refractivity contribution in [2.75, 3.05) is 19.7 Å². The number of benzene rings is 1. The molecule has 0 amide bonds. The van der Waals surface area contributed by atoms with Crippen LogP contribution in [0.3, 0.4) is 0 Å². The van der Waals surface area contributed by atoms with Crippen molar-refractivity contribution < 1.29 is 13.9 Å². The molecule has 1 aromatic carbocycles. The summed E-state index contributed by atoms with van der Waals surface area (Å²) in [6, 6.07) is 6.86. The molecule has 6 heteroatoms. The fourth-order valence-electron chi connectivity index (χ4n) is 3.74. The number of imidazole rings is 1. The first-order chi connectivity index (χ1) is 11.5. The molecular weight excluding hydrogens is 312 g/mol. The number of nitrogens with zero attached hydrogens (tertiary/aromatic N) is 3. The van der Waals surface area contributed by atoms with E-state index in [0.717, 1.165) is 36.9 Å². The molecule has 2 aromatic rings. The smallest absolute Gasteiger partial charge is 0.320 e. The largest absolute Gasteiger partial charge is 0.396 e. The summed E-state index contributed by atoms with van der Waals surface area (Å²) < 4.78 is 28.3. The normalized spacial score (nSPS) is 19.9. The van der Waals surface area contributed by atoms with Crippen LogP contribution in [0.2, 0.25) is 0 Å². The maximum atomic E-state index is 13.6. The molecule has 132 valence electrons. The van der Waals surface area contributed by atoms with Crippen LogP contribution in [-0.2, 0) is 0 Å². The van der Waals surface area contributed by atoms with Gasteiger partial charge in [-0.25, -0.2) is 4.98 Å². The van der Waals surface area contributed by atoms with Crippen molar-refractivity contribution in [3.8, 4) is 0 Å². The van der Waals surface area contributed by atoms with Gasteiger partial charge in [-0.15, -0.1) is 0 Å². The Morgan fingerprint density at radius 3 is 2.50 bits per heavy atom. The van der Waals surface area contributed by atoms with Gasteiger partial charge in [0.05, 0.1) is 17.1 Å². The highest BCUT2D eigenvalue weighted by molar-refractivity contribution is 5.76. The highest BCUT2D eigenvalue weighted by Gasteiger charge is 2.35. The third-order valence-electron chi connectivity index (χ3n) is 5.68. The van der Waals surface area contributed by atoms with Crippen molar-refractivity contribution in [1.82, 2.24) is 14.5 Å². The second-order valence-corrected chi connectivity index (χ2v) is 6.83. The van der Waals surface area contributed by atoms with Crippen LogP contribution in [0.25, 0.3) is 11.0 Å². The number of aliphatic hydroxyl groups excluding tert-OH is 1. The summed E-state index contributed by atoms with van der Waals surface area (Å²) in [7, 11) is 0. The number of rotatable bonds is 5. The molecule has 1 aliphatic rings. The number of alkyl halides is 2. The molecule has 0 aliphatic carbocycles. The zero-order valence-corrected chi connectivity index (χ0v) is 14.3. The van der Waals surface area contributed by atoms with Gasteiger partial charge in [-0.2, -0.15) is 8.78 Å². The van der Waals surface area contributed by atoms with E-state index in [9.17, 15) is 13.9 Å². The minimum atomic E-state index is -2.60. The lowest BCUT2D eigenvalue weighted by Crippen LogP contribution is -2.43. The quantitative estimate of drug-likeness (QED) is 0.897. The molecule has 1 aromatic heterocycles. The van der Waals surface area contributed by atoms with E-state index in [1.807, 2.05) is 13.0 Å². The predicted molar refractivity (Wildman–Crippen MR) is 90.0 cm³/mol. The Labute approximate surface area is 141 Å². The molecule has 1 unspecified atom stereocenters. The van der Waals surface area contributed by atoms with Gasteiger partial charge < -0.3 is 5.11 Å². The molecule has 0 radical (unpaired) electrons. The number of likely N-dealkylation sites (tertiary alicyclic amines) is 1. The summed E-state index contributed by atoms with van der Waals surface area (Å²) in [5.74, 6) is 0.416. The molecular formula is C18H25F2N3O. The Kier molecular flexibility index (Phi) is 4.88. The number of fused-ring (bicyclic) bond motifs is 1. The number of aliphatic hydroxyl groups is 1. The molecule has 1 aliphatic heterocycles. The Bertz CT molecular complexity index is 687. The van der Waals surface area contributed by atoms with Crippen LogP contribution in [0, 0.1) is 5.41 Å². The molecule has 3 rings (SSSR count). The van der Waals surface area contributed by atoms with Crippen molar-refractivity contribution >= 4 is 11.0 Å². The minimum absolute atomic E-state index is 0.0148. The van der Waals surface area contributed by atoms with Gasteiger partial charge in [-0.3, -0.25) is 9.47 Å². The maximum absolute atomic E-state index is 13.6. The van der Waals surface area contributed by atoms with E-state index in [1.54, 1.807) is 18.2 Å². The summed E-state index contributed by atoms with van der Waals surface area (Å²) in [4.78, 5) is 6.68. The zero-order chi connectivity index (χ0) is 17.3. The number of halogens is 2. The Balaban J connectivity index is 1.87. The van der Waals surface area contributed by atoms with Crippen LogP contribution in [0.1, 0.15) is 51.5 Å². The fourth-order valence-corrected chi connectivity index (χ4v) is 3.74. The van der Waals surface area contributed by atoms with E-state index in [-0.39, 0.29) is 18.1 Å². The van der Waals surface area contributed by atoms with Gasteiger partial charge in [0.25, 0.3) is 0 Å². The minimum Gasteiger partial charge on any atom is -0.396 e. The average Bonchev–Trinajstić information content (AvgIpc) is 3.01. The van der Waals surface area contributed by atoms with E-state index in [1.165, 1.54) is 0 Å². The van der Waals surface area contributed by atoms with Gasteiger partial charge in [0.1, 0.15) is 5.82 Å². The fraction of sp³-hybridized carbons (Fsp3) is 0.611. The first-order valence-electron chi connectivity index (χ1n) is 8.61. The van der Waals surface area contributed by atoms with Gasteiger partial charge in [0, 0.05) is 6.61 Å². The molecule has 0 spiro atoms. The first kappa shape index (κ1) is 17.3. The standard InChI is InChI=1S/C18H25F2N3O/c1-3-18(12-24)8-10-22(11-9-18)13(2)16-21-14-6-4-5-7-15(14)23(16)17(19)20/h4-7,13,17,24H,3,8-12H2,1-2H3. The molecule has 0 saturated carbocycles. The van der Waals surface area contributed by atoms with E-state index in [4.69, 9.17) is 0 Å². The van der Waals surface area contributed by atoms with Gasteiger partial charge in [-0.1, -0.05) is 19.1 Å². The van der Waals surface area contributed by atoms with Crippen LogP contribution in [0.4, 0.5) is 8.78 Å². The van der Waals surface area contributed by atoms with Crippen molar-refractivity contribution in [1.29, 1.82) is 0 Å². The number of aromatic nitrogens is 2. The van der Waals surface area contributed by atoms with Crippen LogP contribution in [-0.4, -0.2) is 39.3 Å². The monoisotopic (exact) mass is 337 g/mol. The molecule has 1 atom stereocenters. The first-order valence-corrected chi connectivity index (χ1v) is 8.61. The molecule has 1 fully saturated rings. The van der Waals surface area contributed by atoms with Gasteiger partial charge >= 0.3 is 6.55 Å². The maximum Gasteiger partial charge on any atom is 0.320 e. The average molecular weight is 337 g/mol. The van der Waals surface area contributed by atoms with E-state index in [0.29, 0.717) is 16.9 Å². The van der Waals surface area contributed by atoms with E-state index in [2.05, 4.69) is 16.8 Å². The van der Waals surface area contributed by atoms with E-state index < -0.39 is 6.55 Å². The Morgan fingerprint density at radius 2 is 1.92 bits per heavy atom. The molecule has 1 N–H and O–H groups in total. The lowest BCUT2D eigenvalue weighted by molar-refractivity contribution is 0.0199. The third kappa shape index (κ3) is 2.93. The summed E-state index contributed by atoms with van der Waals surface area (Å²) >= 11 is 0. The highest BCUT2D eigenvalue weighted by Crippen LogP contribution is 2.38. The molecule has 24 heavy (non-hydrogen) atoms. The molecule has 2 heterocycles. The lowest BCUT2D eigenvalue weighted by atomic mass is 9.76. The Hall–Kier alpha value is -1.53. The second-order valence-electron chi connectivity index (χ2n) is 6.83. The molecule has 1 saturated heterocycles. The van der Waals surface area contributed by atoms with E-state index >= 15 is 0 Å². The van der Waals surface area contributed by atoms with Gasteiger partial charge in [-0.05, 0) is 56.8 Å². The van der Waals surface area contributed by atoms with Crippen molar-refractivity contribution in [2.45, 2.75) is 45.7 Å². The summed E-state index contributed by atoms with van der Waals surface area (Å²) in [5, 5.41) is 9.66. The van der Waals surface area contributed by atoms with Gasteiger partial charge in [0.2, 0.25) is 0 Å². The van der Waals surface area contributed by atoms with Crippen LogP contribution in [0.5, 0.6) is 0 Å². The predicted octanol–water partition coefficient (Wildman–Crippen LogP) is 3.98. The van der Waals surface area contributed by atoms with Crippen LogP contribution < -0.4 is 0 Å². The number of hydrogen-bond acceptors (Lipinski definition) is 3. The van der Waals surface area contributed by atoms with Gasteiger partial charge in [0.15, 0.2) is 0 Å². The Morgan fingerprint density at radius 1 is 1.25 bits per heavy atom. The number of piperidine rings is 1. The number of para-hydroxylation sites is 2. The lowest BCUT2D eigenvalue weighted by Gasteiger charge is -2.42. The highest BCUT2D eigenvalue weighted by atomic mass is 19.3. The third-order valence-corrected chi connectivity index (χ3v) is 5.68. The second kappa shape index (κ2) is 6.76.